The third kappa shape index (κ3) is 52.3. The highest BCUT2D eigenvalue weighted by Gasteiger charge is 2.20. The first-order valence-corrected chi connectivity index (χ1v) is 27.4. The number of ether oxygens (including phenoxy) is 2. The normalized spacial score (nSPS) is 14.4. The van der Waals surface area contributed by atoms with E-state index in [0.717, 1.165) is 109 Å². The van der Waals surface area contributed by atoms with Gasteiger partial charge in [-0.15, -0.1) is 0 Å². The van der Waals surface area contributed by atoms with Crippen molar-refractivity contribution in [2.75, 3.05) is 54.1 Å². The molecule has 0 aliphatic carbocycles. The fraction of sp³-hybridized carbons (Fsp3) is 0.696. The van der Waals surface area contributed by atoms with Gasteiger partial charge in [-0.05, 0) is 96.3 Å². The van der Waals surface area contributed by atoms with E-state index in [-0.39, 0.29) is 32.2 Å². The second kappa shape index (κ2) is 47.9. The summed E-state index contributed by atoms with van der Waals surface area (Å²) in [4.78, 5) is 25.2. The lowest BCUT2D eigenvalue weighted by molar-refractivity contribution is -0.870. The first kappa shape index (κ1) is 62.4. The van der Waals surface area contributed by atoms with Gasteiger partial charge < -0.3 is 27.9 Å². The molecule has 0 heterocycles. The number of esters is 1. The molecule has 0 aromatic rings. The number of quaternary nitrogens is 1. The van der Waals surface area contributed by atoms with Crippen molar-refractivity contribution >= 4 is 13.8 Å². The van der Waals surface area contributed by atoms with Crippen LogP contribution < -0.4 is 4.89 Å². The largest absolute Gasteiger partial charge is 0.756 e. The van der Waals surface area contributed by atoms with Gasteiger partial charge >= 0.3 is 5.97 Å². The number of phosphoric acid groups is 1. The molecule has 0 amide bonds. The van der Waals surface area contributed by atoms with E-state index in [1.807, 2.05) is 21.1 Å². The molecule has 0 radical (unpaired) electrons. The molecule has 374 valence electrons. The van der Waals surface area contributed by atoms with Gasteiger partial charge in [0, 0.05) is 13.0 Å². The first-order chi connectivity index (χ1) is 31.6. The van der Waals surface area contributed by atoms with E-state index in [1.165, 1.54) is 64.2 Å². The number of hydrogen-bond donors (Lipinski definition) is 0. The van der Waals surface area contributed by atoms with Crippen LogP contribution in [0.15, 0.2) is 97.2 Å². The summed E-state index contributed by atoms with van der Waals surface area (Å²) in [6, 6.07) is 0. The van der Waals surface area contributed by atoms with Crippen LogP contribution in [0.5, 0.6) is 0 Å². The van der Waals surface area contributed by atoms with Crippen LogP contribution in [-0.2, 0) is 27.9 Å². The molecule has 8 nitrogen and oxygen atoms in total. The molecule has 9 heteroatoms. The number of rotatable bonds is 47. The molecule has 65 heavy (non-hydrogen) atoms. The van der Waals surface area contributed by atoms with Crippen molar-refractivity contribution in [3.63, 3.8) is 0 Å². The summed E-state index contributed by atoms with van der Waals surface area (Å²) in [6.45, 7) is 5.22. The predicted molar refractivity (Wildman–Crippen MR) is 277 cm³/mol. The summed E-state index contributed by atoms with van der Waals surface area (Å²) < 4.78 is 34.7. The Kier molecular flexibility index (Phi) is 46.0. The van der Waals surface area contributed by atoms with E-state index in [1.54, 1.807) is 0 Å². The molecule has 0 bridgehead atoms. The number of hydrogen-bond acceptors (Lipinski definition) is 7. The van der Waals surface area contributed by atoms with E-state index in [2.05, 4.69) is 111 Å². The zero-order valence-corrected chi connectivity index (χ0v) is 43.3. The van der Waals surface area contributed by atoms with Crippen LogP contribution in [-0.4, -0.2) is 70.7 Å². The number of likely N-dealkylation sites (N-methyl/N-ethyl adjacent to an activating group) is 1. The van der Waals surface area contributed by atoms with Gasteiger partial charge in [0.05, 0.1) is 34.4 Å². The van der Waals surface area contributed by atoms with Gasteiger partial charge in [0.25, 0.3) is 7.82 Å². The van der Waals surface area contributed by atoms with Crippen molar-refractivity contribution in [3.8, 4) is 0 Å². The number of allylic oxidation sites excluding steroid dienone is 16. The van der Waals surface area contributed by atoms with Crippen LogP contribution in [0.25, 0.3) is 0 Å². The van der Waals surface area contributed by atoms with Crippen molar-refractivity contribution < 1.29 is 37.3 Å². The molecular weight excluding hydrogens is 830 g/mol. The summed E-state index contributed by atoms with van der Waals surface area (Å²) in [7, 11) is 1.32. The van der Waals surface area contributed by atoms with Crippen molar-refractivity contribution in [3.05, 3.63) is 97.2 Å². The Hall–Kier alpha value is -2.58. The zero-order valence-electron chi connectivity index (χ0n) is 42.4. The Labute approximate surface area is 400 Å². The molecule has 0 aromatic carbocycles. The fourth-order valence-electron chi connectivity index (χ4n) is 6.64. The van der Waals surface area contributed by atoms with Crippen LogP contribution in [0.3, 0.4) is 0 Å². The molecule has 0 aliphatic rings. The minimum atomic E-state index is -4.55. The second-order valence-corrected chi connectivity index (χ2v) is 19.6. The Morgan fingerprint density at radius 1 is 0.492 bits per heavy atom. The van der Waals surface area contributed by atoms with E-state index < -0.39 is 13.9 Å². The number of carbonyl (C=O) groups is 1. The molecule has 0 spiro atoms. The minimum absolute atomic E-state index is 0.0141. The molecule has 0 fully saturated rings. The lowest BCUT2D eigenvalue weighted by Crippen LogP contribution is -2.37. The number of unbranched alkanes of at least 4 members (excludes halogenated alkanes) is 17. The summed E-state index contributed by atoms with van der Waals surface area (Å²) >= 11 is 0. The number of carbonyl (C=O) groups excluding carboxylic acids is 1. The highest BCUT2D eigenvalue weighted by atomic mass is 31.2. The van der Waals surface area contributed by atoms with Gasteiger partial charge in [-0.25, -0.2) is 0 Å². The molecule has 2 atom stereocenters. The summed E-state index contributed by atoms with van der Waals surface area (Å²) in [5.41, 5.74) is 0. The molecule has 0 N–H and O–H groups in total. The average molecular weight is 928 g/mol. The van der Waals surface area contributed by atoms with Crippen LogP contribution >= 0.6 is 7.82 Å². The SMILES string of the molecule is CC/C=C\C/C=C\C/C=C\C/C=C\C/C=C\CCCCCCCC(=O)OC(COCCCCCCCCC/C=C\C/C=C\C/C=C\CCCCCCC)COP(=O)([O-])OCC[N+](C)(C)C. The van der Waals surface area contributed by atoms with E-state index in [4.69, 9.17) is 18.5 Å². The molecule has 0 saturated carbocycles. The quantitative estimate of drug-likeness (QED) is 0.0197. The lowest BCUT2D eigenvalue weighted by Gasteiger charge is -2.28. The number of nitrogens with zero attached hydrogens (tertiary/aromatic N) is 1. The highest BCUT2D eigenvalue weighted by Crippen LogP contribution is 2.38. The summed E-state index contributed by atoms with van der Waals surface area (Å²) in [6.07, 6.45) is 65.7. The van der Waals surface area contributed by atoms with Crippen LogP contribution in [0.1, 0.15) is 194 Å². The topological polar surface area (TPSA) is 94.1 Å². The minimum Gasteiger partial charge on any atom is -0.756 e. The Bertz CT molecular complexity index is 1360. The molecule has 0 rings (SSSR count). The zero-order chi connectivity index (χ0) is 47.6. The van der Waals surface area contributed by atoms with Gasteiger partial charge in [-0.1, -0.05) is 188 Å². The van der Waals surface area contributed by atoms with Crippen LogP contribution in [0, 0.1) is 0 Å². The molecule has 0 aromatic heterocycles. The molecule has 0 aliphatic heterocycles. The molecular formula is C56H98NO7P. The maximum atomic E-state index is 12.8. The van der Waals surface area contributed by atoms with Crippen LogP contribution in [0.4, 0.5) is 0 Å². The molecule has 2 unspecified atom stereocenters. The van der Waals surface area contributed by atoms with Gasteiger partial charge in [-0.2, -0.15) is 0 Å². The predicted octanol–water partition coefficient (Wildman–Crippen LogP) is 15.5. The third-order valence-electron chi connectivity index (χ3n) is 10.6. The lowest BCUT2D eigenvalue weighted by atomic mass is 10.1. The summed E-state index contributed by atoms with van der Waals surface area (Å²) in [5.74, 6) is -0.359. The smallest absolute Gasteiger partial charge is 0.306 e. The fourth-order valence-corrected chi connectivity index (χ4v) is 7.37. The van der Waals surface area contributed by atoms with Crippen molar-refractivity contribution in [1.82, 2.24) is 0 Å². The number of phosphoric ester groups is 1. The van der Waals surface area contributed by atoms with Gasteiger partial charge in [-0.3, -0.25) is 9.36 Å². The van der Waals surface area contributed by atoms with Crippen molar-refractivity contribution in [1.29, 1.82) is 0 Å². The van der Waals surface area contributed by atoms with Crippen molar-refractivity contribution in [2.45, 2.75) is 200 Å². The Balaban J connectivity index is 4.24. The van der Waals surface area contributed by atoms with Crippen LogP contribution in [0.2, 0.25) is 0 Å². The highest BCUT2D eigenvalue weighted by molar-refractivity contribution is 7.45. The first-order valence-electron chi connectivity index (χ1n) is 26.0. The summed E-state index contributed by atoms with van der Waals surface area (Å²) in [5, 5.41) is 0. The van der Waals surface area contributed by atoms with Gasteiger partial charge in [0.2, 0.25) is 0 Å². The van der Waals surface area contributed by atoms with E-state index in [9.17, 15) is 14.3 Å². The molecule has 0 saturated heterocycles. The second-order valence-electron chi connectivity index (χ2n) is 18.1. The maximum Gasteiger partial charge on any atom is 0.306 e. The van der Waals surface area contributed by atoms with Gasteiger partial charge in [0.1, 0.15) is 19.3 Å². The van der Waals surface area contributed by atoms with E-state index in [0.29, 0.717) is 17.6 Å². The Morgan fingerprint density at radius 2 is 0.892 bits per heavy atom. The maximum absolute atomic E-state index is 12.8. The third-order valence-corrected chi connectivity index (χ3v) is 11.6. The van der Waals surface area contributed by atoms with E-state index >= 15 is 0 Å². The van der Waals surface area contributed by atoms with Gasteiger partial charge in [0.15, 0.2) is 0 Å². The Morgan fingerprint density at radius 3 is 1.34 bits per heavy atom. The standard InChI is InChI=1S/C56H98NO7P/c1-6-8-10-12-14-16-18-20-22-24-26-28-30-32-34-36-38-40-42-44-46-48-51-61-53-55(54-63-65(59,60)62-52-50-57(3,4)5)64-56(58)49-47-45-43-41-39-37-35-33-31-29-27-25-23-21-19-17-15-13-11-9-7-2/h9,11,15,17-18,20-21,23-24,26-27,29-30,32-33,35,55H,6-8,10,12-14,16,19,22,25,28,31,34,36-54H2,1-5H3/b11-9-,17-15-,20-18-,23-21-,26-24-,29-27-,32-30-,35-33-. The average Bonchev–Trinajstić information content (AvgIpc) is 3.27. The van der Waals surface area contributed by atoms with Crippen molar-refractivity contribution in [2.24, 2.45) is 0 Å². The monoisotopic (exact) mass is 928 g/mol.